The Kier molecular flexibility index (Phi) is 5.23. The number of Topliss-reactive ketones (excluding diaryl/α,β-unsaturated/α-hetero) is 2. The minimum Gasteiger partial charge on any atom is -0.444 e. The summed E-state index contributed by atoms with van der Waals surface area (Å²) in [7, 11) is 0. The van der Waals surface area contributed by atoms with Gasteiger partial charge in [0.05, 0.1) is 11.1 Å². The van der Waals surface area contributed by atoms with Gasteiger partial charge >= 0.3 is 17.7 Å². The Labute approximate surface area is 216 Å². The van der Waals surface area contributed by atoms with E-state index < -0.39 is 57.1 Å². The summed E-state index contributed by atoms with van der Waals surface area (Å²) in [6.07, 6.45) is 1.36. The van der Waals surface area contributed by atoms with Gasteiger partial charge in [-0.15, -0.1) is 0 Å². The summed E-state index contributed by atoms with van der Waals surface area (Å²) in [5, 5.41) is 0. The van der Waals surface area contributed by atoms with Gasteiger partial charge in [0, 0.05) is 52.4 Å². The third-order valence-electron chi connectivity index (χ3n) is 7.76. The van der Waals surface area contributed by atoms with Gasteiger partial charge in [-0.25, -0.2) is 0 Å². The van der Waals surface area contributed by atoms with E-state index in [2.05, 4.69) is 0 Å². The second-order valence-electron chi connectivity index (χ2n) is 13.6. The lowest BCUT2D eigenvalue weighted by Gasteiger charge is -2.46. The molecule has 1 saturated carbocycles. The average Bonchev–Trinajstić information content (AvgIpc) is 2.79. The molecule has 0 bridgehead atoms. The predicted octanol–water partition coefficient (Wildman–Crippen LogP) is 4.38. The summed E-state index contributed by atoms with van der Waals surface area (Å²) in [4.78, 5) is 52.3. The van der Waals surface area contributed by atoms with Gasteiger partial charge in [0.1, 0.15) is 11.5 Å². The number of ether oxygens (including phenoxy) is 5. The zero-order valence-electron chi connectivity index (χ0n) is 22.9. The third-order valence-corrected chi connectivity index (χ3v) is 7.76. The van der Waals surface area contributed by atoms with Crippen LogP contribution in [0, 0.1) is 16.2 Å². The van der Waals surface area contributed by atoms with Gasteiger partial charge in [-0.05, 0) is 16.2 Å². The molecule has 5 rings (SSSR count). The molecule has 1 saturated heterocycles. The molecule has 2 fully saturated rings. The van der Waals surface area contributed by atoms with E-state index in [1.54, 1.807) is 0 Å². The predicted molar refractivity (Wildman–Crippen MR) is 128 cm³/mol. The molecule has 2 heterocycles. The zero-order chi connectivity index (χ0) is 27.4. The summed E-state index contributed by atoms with van der Waals surface area (Å²) in [6, 6.07) is 0. The first-order chi connectivity index (χ1) is 16.8. The lowest BCUT2D eigenvalue weighted by molar-refractivity contribution is -0.308. The molecule has 0 aromatic heterocycles. The van der Waals surface area contributed by atoms with E-state index in [-0.39, 0.29) is 37.2 Å². The number of rotatable bonds is 2. The van der Waals surface area contributed by atoms with E-state index in [4.69, 9.17) is 23.7 Å². The number of carbonyl (C=O) groups is 4. The molecule has 0 radical (unpaired) electrons. The Morgan fingerprint density at radius 2 is 1.03 bits per heavy atom. The molecular weight excluding hydrogens is 480 g/mol. The molecule has 9 heteroatoms. The fraction of sp³-hybridized carbons (Fsp3) is 0.714. The minimum absolute atomic E-state index is 0.0947. The van der Waals surface area contributed by atoms with Crippen LogP contribution < -0.4 is 0 Å². The molecule has 0 aromatic rings. The minimum atomic E-state index is -2.16. The van der Waals surface area contributed by atoms with Crippen molar-refractivity contribution in [2.75, 3.05) is 0 Å². The molecule has 3 aliphatic carbocycles. The molecule has 0 aromatic carbocycles. The van der Waals surface area contributed by atoms with Crippen LogP contribution in [0.3, 0.4) is 0 Å². The number of carbonyl (C=O) groups excluding carboxylic acids is 4. The summed E-state index contributed by atoms with van der Waals surface area (Å²) in [5.41, 5.74) is -0.817. The van der Waals surface area contributed by atoms with Crippen LogP contribution in [0.5, 0.6) is 0 Å². The van der Waals surface area contributed by atoms with Crippen molar-refractivity contribution in [3.05, 3.63) is 22.7 Å². The van der Waals surface area contributed by atoms with Crippen LogP contribution in [0.25, 0.3) is 0 Å². The second-order valence-corrected chi connectivity index (χ2v) is 13.6. The molecule has 37 heavy (non-hydrogen) atoms. The number of hydrogen-bond donors (Lipinski definition) is 0. The maximum Gasteiger partial charge on any atom is 0.373 e. The maximum absolute atomic E-state index is 13.7. The molecule has 0 N–H and O–H groups in total. The third kappa shape index (κ3) is 3.92. The molecule has 0 amide bonds. The standard InChI is InChI=1S/C28H36O9/c1-15(29)33-26-13-24(5,6)9-17-21(26)22-18(10-25(7,8)14-27(22,37-26)34-16(2)30)36-28(35-17)19(31)11-23(3,4)12-20(28)32/h9-14H2,1-8H3. The quantitative estimate of drug-likeness (QED) is 0.389. The SMILES string of the molecule is CC(=O)OC12CC(C)(C)CC3=C1C1=C(CC(C)(C)CC1(OC(C)=O)O2)OC1(O3)C(=O)CC(C)(C)CC1=O. The molecular formula is C28H36O9. The van der Waals surface area contributed by atoms with Crippen molar-refractivity contribution in [1.29, 1.82) is 0 Å². The monoisotopic (exact) mass is 516 g/mol. The molecule has 5 aliphatic rings. The highest BCUT2D eigenvalue weighted by Crippen LogP contribution is 2.65. The first-order valence-corrected chi connectivity index (χ1v) is 12.9. The number of ketones is 2. The highest BCUT2D eigenvalue weighted by Gasteiger charge is 2.71. The van der Waals surface area contributed by atoms with Gasteiger partial charge in [-0.3, -0.25) is 23.9 Å². The van der Waals surface area contributed by atoms with Gasteiger partial charge in [-0.1, -0.05) is 41.5 Å². The van der Waals surface area contributed by atoms with Gasteiger partial charge in [0.2, 0.25) is 23.1 Å². The van der Waals surface area contributed by atoms with Crippen LogP contribution in [-0.2, 0) is 42.9 Å². The topological polar surface area (TPSA) is 114 Å². The summed E-state index contributed by atoms with van der Waals surface area (Å²) in [6.45, 7) is 14.1. The Bertz CT molecular complexity index is 1110. The van der Waals surface area contributed by atoms with Gasteiger partial charge in [-0.2, -0.15) is 0 Å². The number of hydrogen-bond acceptors (Lipinski definition) is 9. The van der Waals surface area contributed by atoms with Gasteiger partial charge < -0.3 is 18.9 Å². The summed E-state index contributed by atoms with van der Waals surface area (Å²) >= 11 is 0. The van der Waals surface area contributed by atoms with Crippen LogP contribution in [0.1, 0.15) is 93.9 Å². The fourth-order valence-electron chi connectivity index (χ4n) is 6.90. The zero-order valence-corrected chi connectivity index (χ0v) is 22.9. The van der Waals surface area contributed by atoms with Crippen LogP contribution in [0.15, 0.2) is 22.7 Å². The van der Waals surface area contributed by atoms with Crippen LogP contribution in [0.2, 0.25) is 0 Å². The Balaban J connectivity index is 1.83. The molecule has 2 aliphatic heterocycles. The fourth-order valence-corrected chi connectivity index (χ4v) is 6.90. The highest BCUT2D eigenvalue weighted by molar-refractivity contribution is 6.11. The van der Waals surface area contributed by atoms with E-state index in [1.165, 1.54) is 13.8 Å². The number of allylic oxidation sites excluding steroid dienone is 2. The average molecular weight is 517 g/mol. The van der Waals surface area contributed by atoms with E-state index in [0.29, 0.717) is 24.0 Å². The van der Waals surface area contributed by atoms with Gasteiger partial charge in [0.25, 0.3) is 0 Å². The summed E-state index contributed by atoms with van der Waals surface area (Å²) < 4.78 is 31.3. The molecule has 2 atom stereocenters. The van der Waals surface area contributed by atoms with Crippen molar-refractivity contribution in [3.8, 4) is 0 Å². The lowest BCUT2D eigenvalue weighted by Crippen LogP contribution is -2.58. The van der Waals surface area contributed by atoms with Gasteiger partial charge in [0.15, 0.2) is 0 Å². The largest absolute Gasteiger partial charge is 0.444 e. The molecule has 2 unspecified atom stereocenters. The van der Waals surface area contributed by atoms with Crippen molar-refractivity contribution in [1.82, 2.24) is 0 Å². The highest BCUT2D eigenvalue weighted by atomic mass is 16.8. The Morgan fingerprint density at radius 3 is 1.38 bits per heavy atom. The second kappa shape index (κ2) is 7.46. The number of esters is 2. The first kappa shape index (κ1) is 25.9. The van der Waals surface area contributed by atoms with Crippen molar-refractivity contribution in [2.24, 2.45) is 16.2 Å². The van der Waals surface area contributed by atoms with Crippen LogP contribution in [0.4, 0.5) is 0 Å². The normalized spacial score (nSPS) is 34.3. The first-order valence-electron chi connectivity index (χ1n) is 12.9. The smallest absolute Gasteiger partial charge is 0.373 e. The van der Waals surface area contributed by atoms with E-state index in [9.17, 15) is 19.2 Å². The Hall–Kier alpha value is -2.68. The maximum atomic E-state index is 13.7. The van der Waals surface area contributed by atoms with Crippen LogP contribution in [-0.4, -0.2) is 40.9 Å². The van der Waals surface area contributed by atoms with Crippen LogP contribution >= 0.6 is 0 Å². The van der Waals surface area contributed by atoms with E-state index in [0.717, 1.165) is 0 Å². The van der Waals surface area contributed by atoms with Crippen molar-refractivity contribution < 1.29 is 42.9 Å². The van der Waals surface area contributed by atoms with E-state index >= 15 is 0 Å². The van der Waals surface area contributed by atoms with Crippen molar-refractivity contribution in [2.45, 2.75) is 111 Å². The molecule has 9 nitrogen and oxygen atoms in total. The van der Waals surface area contributed by atoms with E-state index in [1.807, 2.05) is 41.5 Å². The summed E-state index contributed by atoms with van der Waals surface area (Å²) in [5.74, 6) is -6.96. The van der Waals surface area contributed by atoms with Crippen molar-refractivity contribution >= 4 is 23.5 Å². The molecule has 1 spiro atoms. The van der Waals surface area contributed by atoms with Crippen molar-refractivity contribution in [3.63, 3.8) is 0 Å². The Morgan fingerprint density at radius 1 is 0.649 bits per heavy atom. The lowest BCUT2D eigenvalue weighted by atomic mass is 9.69. The molecule has 202 valence electrons.